The molecular formula is C24H32N2O3. The fourth-order valence-electron chi connectivity index (χ4n) is 3.15. The Balaban J connectivity index is 2.02. The minimum absolute atomic E-state index is 0.00714. The van der Waals surface area contributed by atoms with Gasteiger partial charge in [0.25, 0.3) is 0 Å². The quantitative estimate of drug-likeness (QED) is 0.371. The van der Waals surface area contributed by atoms with Crippen LogP contribution in [0.25, 0.3) is 0 Å². The molecule has 5 nitrogen and oxygen atoms in total. The number of hydrogen-bond acceptors (Lipinski definition) is 3. The van der Waals surface area contributed by atoms with E-state index >= 15 is 0 Å². The van der Waals surface area contributed by atoms with Crippen LogP contribution in [0.15, 0.2) is 65.8 Å². The number of nitrogens with zero attached hydrogens (tertiary/aromatic N) is 2. The van der Waals surface area contributed by atoms with Crippen molar-refractivity contribution in [2.45, 2.75) is 45.6 Å². The molecule has 0 radical (unpaired) electrons. The maximum atomic E-state index is 13.1. The normalized spacial score (nSPS) is 10.5. The van der Waals surface area contributed by atoms with Gasteiger partial charge >= 0.3 is 0 Å². The van der Waals surface area contributed by atoms with Crippen LogP contribution in [0.2, 0.25) is 0 Å². The lowest BCUT2D eigenvalue weighted by atomic mass is 10.1. The van der Waals surface area contributed by atoms with Crippen LogP contribution in [-0.4, -0.2) is 41.2 Å². The molecule has 1 aromatic carbocycles. The molecule has 2 amide bonds. The van der Waals surface area contributed by atoms with E-state index in [2.05, 4.69) is 25.6 Å². The molecule has 0 aliphatic rings. The van der Waals surface area contributed by atoms with Crippen molar-refractivity contribution >= 4 is 11.8 Å². The van der Waals surface area contributed by atoms with Gasteiger partial charge < -0.3 is 14.2 Å². The highest BCUT2D eigenvalue weighted by molar-refractivity contribution is 5.85. The first-order valence-electron chi connectivity index (χ1n) is 10.4. The summed E-state index contributed by atoms with van der Waals surface area (Å²) in [5.41, 5.74) is 1.17. The molecule has 0 fully saturated rings. The van der Waals surface area contributed by atoms with Gasteiger partial charge in [-0.1, -0.05) is 56.2 Å². The number of rotatable bonds is 13. The second kappa shape index (κ2) is 12.6. The molecule has 5 heteroatoms. The second-order valence-electron chi connectivity index (χ2n) is 7.15. The van der Waals surface area contributed by atoms with Gasteiger partial charge in [0.05, 0.1) is 12.8 Å². The van der Waals surface area contributed by atoms with Gasteiger partial charge in [0.2, 0.25) is 11.8 Å². The summed E-state index contributed by atoms with van der Waals surface area (Å²) in [6, 6.07) is 13.8. The average molecular weight is 397 g/mol. The summed E-state index contributed by atoms with van der Waals surface area (Å²) in [4.78, 5) is 29.0. The van der Waals surface area contributed by atoms with Gasteiger partial charge in [-0.25, -0.2) is 0 Å². The third-order valence-electron chi connectivity index (χ3n) is 4.82. The lowest BCUT2D eigenvalue weighted by Crippen LogP contribution is -2.43. The van der Waals surface area contributed by atoms with Crippen LogP contribution in [0.3, 0.4) is 0 Å². The zero-order valence-electron chi connectivity index (χ0n) is 17.4. The zero-order chi connectivity index (χ0) is 20.9. The number of unbranched alkanes of at least 4 members (excludes halogenated alkanes) is 2. The molecule has 0 saturated carbocycles. The largest absolute Gasteiger partial charge is 0.467 e. The smallest absolute Gasteiger partial charge is 0.242 e. The Morgan fingerprint density at radius 1 is 1.03 bits per heavy atom. The topological polar surface area (TPSA) is 53.8 Å². The van der Waals surface area contributed by atoms with Gasteiger partial charge in [-0.2, -0.15) is 0 Å². The predicted molar refractivity (Wildman–Crippen MR) is 115 cm³/mol. The average Bonchev–Trinajstić information content (AvgIpc) is 3.24. The summed E-state index contributed by atoms with van der Waals surface area (Å²) in [6.45, 7) is 7.24. The molecule has 0 spiro atoms. The van der Waals surface area contributed by atoms with Gasteiger partial charge in [0.1, 0.15) is 12.3 Å². The summed E-state index contributed by atoms with van der Waals surface area (Å²) in [5.74, 6) is 0.659. The van der Waals surface area contributed by atoms with Crippen molar-refractivity contribution in [3.63, 3.8) is 0 Å². The number of amides is 2. The van der Waals surface area contributed by atoms with Crippen molar-refractivity contribution in [3.05, 3.63) is 72.7 Å². The molecule has 2 aromatic rings. The fraction of sp³-hybridized carbons (Fsp3) is 0.417. The predicted octanol–water partition coefficient (Wildman–Crippen LogP) is 4.45. The molecule has 0 saturated heterocycles. The molecule has 0 N–H and O–H groups in total. The van der Waals surface area contributed by atoms with Crippen molar-refractivity contribution in [2.24, 2.45) is 0 Å². The number of furan rings is 1. The van der Waals surface area contributed by atoms with Gasteiger partial charge in [-0.3, -0.25) is 9.59 Å². The third kappa shape index (κ3) is 7.98. The molecular weight excluding hydrogens is 364 g/mol. The zero-order valence-corrected chi connectivity index (χ0v) is 17.4. The molecule has 156 valence electrons. The molecule has 0 aliphatic carbocycles. The van der Waals surface area contributed by atoms with E-state index in [0.717, 1.165) is 31.4 Å². The molecule has 0 aliphatic heterocycles. The van der Waals surface area contributed by atoms with Crippen molar-refractivity contribution in [1.82, 2.24) is 9.80 Å². The van der Waals surface area contributed by atoms with Crippen LogP contribution in [0.4, 0.5) is 0 Å². The maximum absolute atomic E-state index is 13.1. The second-order valence-corrected chi connectivity index (χ2v) is 7.15. The number of benzene rings is 1. The van der Waals surface area contributed by atoms with Crippen LogP contribution in [0, 0.1) is 0 Å². The first kappa shape index (κ1) is 22.5. The summed E-state index contributed by atoms with van der Waals surface area (Å²) in [5, 5.41) is 0. The number of carbonyl (C=O) groups is 2. The highest BCUT2D eigenvalue weighted by Gasteiger charge is 2.21. The molecule has 1 heterocycles. The van der Waals surface area contributed by atoms with E-state index in [1.807, 2.05) is 30.3 Å². The van der Waals surface area contributed by atoms with E-state index < -0.39 is 0 Å². The highest BCUT2D eigenvalue weighted by atomic mass is 16.3. The number of hydrogen-bond donors (Lipinski definition) is 0. The van der Waals surface area contributed by atoms with E-state index in [1.54, 1.807) is 22.1 Å². The van der Waals surface area contributed by atoms with E-state index in [-0.39, 0.29) is 18.4 Å². The summed E-state index contributed by atoms with van der Waals surface area (Å²) < 4.78 is 5.44. The highest BCUT2D eigenvalue weighted by Crippen LogP contribution is 2.10. The Morgan fingerprint density at radius 2 is 1.83 bits per heavy atom. The first-order valence-corrected chi connectivity index (χ1v) is 10.4. The molecule has 0 unspecified atom stereocenters. The van der Waals surface area contributed by atoms with Crippen LogP contribution >= 0.6 is 0 Å². The monoisotopic (exact) mass is 396 g/mol. The van der Waals surface area contributed by atoms with Crippen LogP contribution in [0.5, 0.6) is 0 Å². The van der Waals surface area contributed by atoms with E-state index in [0.29, 0.717) is 26.1 Å². The van der Waals surface area contributed by atoms with Gasteiger partial charge in [0, 0.05) is 19.5 Å². The Labute approximate surface area is 174 Å². The molecule has 29 heavy (non-hydrogen) atoms. The lowest BCUT2D eigenvalue weighted by molar-refractivity contribution is -0.140. The summed E-state index contributed by atoms with van der Waals surface area (Å²) in [7, 11) is 0. The van der Waals surface area contributed by atoms with Gasteiger partial charge in [0.15, 0.2) is 0 Å². The maximum Gasteiger partial charge on any atom is 0.242 e. The SMILES string of the molecule is C=CCN(CC(=O)N(CCc1ccccc1)Cc1ccco1)C(=O)CCCCC. The Bertz CT molecular complexity index is 741. The van der Waals surface area contributed by atoms with Crippen LogP contribution in [0.1, 0.15) is 43.9 Å². The van der Waals surface area contributed by atoms with Crippen molar-refractivity contribution in [2.75, 3.05) is 19.6 Å². The Morgan fingerprint density at radius 3 is 2.48 bits per heavy atom. The standard InChI is InChI=1S/C24H32N2O3/c1-3-5-7-14-23(27)25(16-4-2)20-24(28)26(19-22-13-10-18-29-22)17-15-21-11-8-6-9-12-21/h4,6,8-13,18H,2-3,5,7,14-17,19-20H2,1H3. The van der Waals surface area contributed by atoms with Crippen molar-refractivity contribution in [1.29, 1.82) is 0 Å². The molecule has 0 atom stereocenters. The number of carbonyl (C=O) groups excluding carboxylic acids is 2. The Kier molecular flexibility index (Phi) is 9.76. The van der Waals surface area contributed by atoms with Crippen molar-refractivity contribution < 1.29 is 14.0 Å². The lowest BCUT2D eigenvalue weighted by Gasteiger charge is -2.27. The van der Waals surface area contributed by atoms with Crippen LogP contribution in [-0.2, 0) is 22.6 Å². The Hall–Kier alpha value is -2.82. The third-order valence-corrected chi connectivity index (χ3v) is 4.82. The van der Waals surface area contributed by atoms with Crippen molar-refractivity contribution in [3.8, 4) is 0 Å². The van der Waals surface area contributed by atoms with E-state index in [1.165, 1.54) is 5.56 Å². The summed E-state index contributed by atoms with van der Waals surface area (Å²) in [6.07, 6.45) is 7.42. The van der Waals surface area contributed by atoms with Gasteiger partial charge in [-0.15, -0.1) is 6.58 Å². The minimum Gasteiger partial charge on any atom is -0.467 e. The summed E-state index contributed by atoms with van der Waals surface area (Å²) >= 11 is 0. The van der Waals surface area contributed by atoms with Crippen LogP contribution < -0.4 is 0 Å². The van der Waals surface area contributed by atoms with E-state index in [4.69, 9.17) is 4.42 Å². The first-order chi connectivity index (χ1) is 14.1. The van der Waals surface area contributed by atoms with Gasteiger partial charge in [-0.05, 0) is 30.5 Å². The molecule has 1 aromatic heterocycles. The molecule has 2 rings (SSSR count). The van der Waals surface area contributed by atoms with E-state index in [9.17, 15) is 9.59 Å². The molecule has 0 bridgehead atoms. The fourth-order valence-corrected chi connectivity index (χ4v) is 3.15. The minimum atomic E-state index is -0.0805.